The first-order valence-electron chi connectivity index (χ1n) is 12.1. The Morgan fingerprint density at radius 2 is 1.84 bits per heavy atom. The summed E-state index contributed by atoms with van der Waals surface area (Å²) in [5, 5.41) is 1.17. The fourth-order valence-corrected chi connectivity index (χ4v) is 3.85. The van der Waals surface area contributed by atoms with Crippen LogP contribution in [0.3, 0.4) is 0 Å². The van der Waals surface area contributed by atoms with Crippen LogP contribution in [0.15, 0.2) is 73.3 Å². The highest BCUT2D eigenvalue weighted by molar-refractivity contribution is 5.83. The lowest BCUT2D eigenvalue weighted by Crippen LogP contribution is -2.08. The summed E-state index contributed by atoms with van der Waals surface area (Å²) in [7, 11) is 0. The maximum Gasteiger partial charge on any atom is 0.0709 e. The van der Waals surface area contributed by atoms with Gasteiger partial charge in [-0.05, 0) is 68.4 Å². The monoisotopic (exact) mass is 427 g/mol. The first-order chi connectivity index (χ1) is 15.7. The number of allylic oxidation sites excluding steroid dienone is 2. The highest BCUT2D eigenvalue weighted by atomic mass is 16.5. The second-order valence-corrected chi connectivity index (χ2v) is 8.56. The van der Waals surface area contributed by atoms with E-state index in [2.05, 4.69) is 87.2 Å². The van der Waals surface area contributed by atoms with Crippen molar-refractivity contribution in [1.29, 1.82) is 0 Å². The predicted octanol–water partition coefficient (Wildman–Crippen LogP) is 8.41. The van der Waals surface area contributed by atoms with Gasteiger partial charge in [-0.3, -0.25) is 0 Å². The molecule has 0 bridgehead atoms. The van der Waals surface area contributed by atoms with Crippen molar-refractivity contribution in [3.63, 3.8) is 0 Å². The van der Waals surface area contributed by atoms with Gasteiger partial charge in [0.05, 0.1) is 17.3 Å². The third kappa shape index (κ3) is 7.46. The molecule has 0 spiro atoms. The number of hydrogen-bond acceptors (Lipinski definition) is 2. The molecule has 168 valence electrons. The maximum atomic E-state index is 5.88. The van der Waals surface area contributed by atoms with Crippen LogP contribution in [0.4, 0.5) is 0 Å². The number of pyridine rings is 1. The highest BCUT2D eigenvalue weighted by Crippen LogP contribution is 2.23. The molecule has 0 aliphatic heterocycles. The Balaban J connectivity index is 1.52. The molecule has 0 aliphatic carbocycles. The van der Waals surface area contributed by atoms with Gasteiger partial charge >= 0.3 is 0 Å². The molecular formula is C30H37NO. The summed E-state index contributed by atoms with van der Waals surface area (Å²) in [5.74, 6) is 0. The number of aromatic nitrogens is 1. The van der Waals surface area contributed by atoms with E-state index < -0.39 is 0 Å². The highest BCUT2D eigenvalue weighted by Gasteiger charge is 2.03. The van der Waals surface area contributed by atoms with Crippen molar-refractivity contribution in [2.45, 2.75) is 64.9 Å². The third-order valence-corrected chi connectivity index (χ3v) is 5.78. The topological polar surface area (TPSA) is 22.1 Å². The Morgan fingerprint density at radius 3 is 2.62 bits per heavy atom. The van der Waals surface area contributed by atoms with Crippen LogP contribution in [0.2, 0.25) is 0 Å². The average molecular weight is 428 g/mol. The molecule has 0 amide bonds. The minimum atomic E-state index is 0.361. The van der Waals surface area contributed by atoms with Crippen LogP contribution >= 0.6 is 0 Å². The van der Waals surface area contributed by atoms with Gasteiger partial charge in [-0.1, -0.05) is 74.4 Å². The molecule has 0 radical (unpaired) electrons. The quantitative estimate of drug-likeness (QED) is 0.202. The number of unbranched alkanes of at least 4 members (excludes halogenated alkanes) is 3. The molecule has 2 heteroatoms. The van der Waals surface area contributed by atoms with Crippen LogP contribution in [0.1, 0.15) is 63.5 Å². The van der Waals surface area contributed by atoms with Crippen molar-refractivity contribution in [3.8, 4) is 11.3 Å². The van der Waals surface area contributed by atoms with Gasteiger partial charge < -0.3 is 4.74 Å². The molecule has 0 saturated carbocycles. The lowest BCUT2D eigenvalue weighted by molar-refractivity contribution is 0.0566. The van der Waals surface area contributed by atoms with E-state index >= 15 is 0 Å². The molecule has 1 unspecified atom stereocenters. The Labute approximate surface area is 194 Å². The van der Waals surface area contributed by atoms with Gasteiger partial charge in [0.15, 0.2) is 0 Å². The van der Waals surface area contributed by atoms with Gasteiger partial charge in [-0.25, -0.2) is 4.98 Å². The van der Waals surface area contributed by atoms with E-state index in [-0.39, 0.29) is 0 Å². The van der Waals surface area contributed by atoms with E-state index in [1.165, 1.54) is 35.8 Å². The zero-order valence-corrected chi connectivity index (χ0v) is 19.7. The summed E-state index contributed by atoms with van der Waals surface area (Å²) in [5.41, 5.74) is 5.69. The standard InChI is InChI=1S/C30H37NO/c1-4-6-10-22-32-24(3)12-8-7-9-13-26-16-20-30-28(23-26)19-21-29(31-30)27-17-14-25(11-5-2)15-18-27/h5,9,13-21,23-24H,2,4,6-8,10-12,22H2,1,3H3/b13-9+. The molecule has 2 aromatic carbocycles. The average Bonchev–Trinajstić information content (AvgIpc) is 2.82. The van der Waals surface area contributed by atoms with Crippen LogP contribution in [-0.4, -0.2) is 17.7 Å². The molecule has 0 fully saturated rings. The number of benzene rings is 2. The lowest BCUT2D eigenvalue weighted by atomic mass is 10.0. The van der Waals surface area contributed by atoms with Crippen molar-refractivity contribution in [2.75, 3.05) is 6.61 Å². The molecule has 0 N–H and O–H groups in total. The molecule has 1 aromatic heterocycles. The van der Waals surface area contributed by atoms with Crippen LogP contribution in [0.5, 0.6) is 0 Å². The van der Waals surface area contributed by atoms with E-state index in [1.807, 2.05) is 6.08 Å². The fraction of sp³-hybridized carbons (Fsp3) is 0.367. The van der Waals surface area contributed by atoms with Crippen LogP contribution in [0.25, 0.3) is 28.2 Å². The molecule has 1 heterocycles. The Hall–Kier alpha value is -2.71. The van der Waals surface area contributed by atoms with E-state index in [4.69, 9.17) is 9.72 Å². The summed E-state index contributed by atoms with van der Waals surface area (Å²) in [6, 6.07) is 19.4. The SMILES string of the molecule is C=CCc1ccc(-c2ccc3cc(/C=C/CCCC(C)OCCCCC)ccc3n2)cc1. The van der Waals surface area contributed by atoms with E-state index in [0.29, 0.717) is 6.10 Å². The third-order valence-electron chi connectivity index (χ3n) is 5.78. The summed E-state index contributed by atoms with van der Waals surface area (Å²) >= 11 is 0. The second-order valence-electron chi connectivity index (χ2n) is 8.56. The van der Waals surface area contributed by atoms with Gasteiger partial charge in [0.25, 0.3) is 0 Å². The van der Waals surface area contributed by atoms with Crippen LogP contribution in [0, 0.1) is 0 Å². The molecule has 0 saturated heterocycles. The summed E-state index contributed by atoms with van der Waals surface area (Å²) in [6.07, 6.45) is 14.7. The van der Waals surface area contributed by atoms with Crippen molar-refractivity contribution in [1.82, 2.24) is 4.98 Å². The van der Waals surface area contributed by atoms with E-state index in [1.54, 1.807) is 0 Å². The Kier molecular flexibility index (Phi) is 9.71. The van der Waals surface area contributed by atoms with Crippen LogP contribution in [-0.2, 0) is 11.2 Å². The number of nitrogens with zero attached hydrogens (tertiary/aromatic N) is 1. The van der Waals surface area contributed by atoms with Gasteiger partial charge in [0.2, 0.25) is 0 Å². The second kappa shape index (κ2) is 13.0. The first kappa shape index (κ1) is 23.9. The number of fused-ring (bicyclic) bond motifs is 1. The molecule has 3 rings (SSSR count). The fourth-order valence-electron chi connectivity index (χ4n) is 3.85. The lowest BCUT2D eigenvalue weighted by Gasteiger charge is -2.12. The number of rotatable bonds is 13. The molecule has 0 aliphatic rings. The van der Waals surface area contributed by atoms with Crippen molar-refractivity contribution in [3.05, 3.63) is 84.5 Å². The molecule has 2 nitrogen and oxygen atoms in total. The van der Waals surface area contributed by atoms with Crippen molar-refractivity contribution < 1.29 is 4.74 Å². The summed E-state index contributed by atoms with van der Waals surface area (Å²) in [6.45, 7) is 9.12. The summed E-state index contributed by atoms with van der Waals surface area (Å²) < 4.78 is 5.88. The minimum absolute atomic E-state index is 0.361. The van der Waals surface area contributed by atoms with E-state index in [9.17, 15) is 0 Å². The van der Waals surface area contributed by atoms with Gasteiger partial charge in [0, 0.05) is 17.6 Å². The van der Waals surface area contributed by atoms with Gasteiger partial charge in [-0.15, -0.1) is 6.58 Å². The largest absolute Gasteiger partial charge is 0.379 e. The summed E-state index contributed by atoms with van der Waals surface area (Å²) in [4.78, 5) is 4.87. The van der Waals surface area contributed by atoms with Gasteiger partial charge in [0.1, 0.15) is 0 Å². The predicted molar refractivity (Wildman–Crippen MR) is 139 cm³/mol. The van der Waals surface area contributed by atoms with E-state index in [0.717, 1.165) is 49.1 Å². The minimum Gasteiger partial charge on any atom is -0.379 e. The molecule has 1 atom stereocenters. The number of ether oxygens (including phenoxy) is 1. The Morgan fingerprint density at radius 1 is 1.00 bits per heavy atom. The van der Waals surface area contributed by atoms with Crippen molar-refractivity contribution >= 4 is 17.0 Å². The van der Waals surface area contributed by atoms with Crippen LogP contribution < -0.4 is 0 Å². The molecular weight excluding hydrogens is 390 g/mol. The van der Waals surface area contributed by atoms with Crippen molar-refractivity contribution in [2.24, 2.45) is 0 Å². The zero-order valence-electron chi connectivity index (χ0n) is 19.7. The maximum absolute atomic E-state index is 5.88. The van der Waals surface area contributed by atoms with Gasteiger partial charge in [-0.2, -0.15) is 0 Å². The molecule has 32 heavy (non-hydrogen) atoms. The zero-order chi connectivity index (χ0) is 22.6. The Bertz CT molecular complexity index is 1000. The molecule has 3 aromatic rings. The normalized spacial score (nSPS) is 12.4. The number of hydrogen-bond donors (Lipinski definition) is 0. The smallest absolute Gasteiger partial charge is 0.0709 e. The first-order valence-corrected chi connectivity index (χ1v) is 12.1.